The van der Waals surface area contributed by atoms with Gasteiger partial charge in [-0.15, -0.1) is 0 Å². The van der Waals surface area contributed by atoms with Crippen molar-refractivity contribution in [3.05, 3.63) is 0 Å². The fourth-order valence-electron chi connectivity index (χ4n) is 2.93. The number of hydrogen-bond donors (Lipinski definition) is 2. The van der Waals surface area contributed by atoms with Gasteiger partial charge < -0.3 is 11.1 Å². The molecule has 1 aliphatic carbocycles. The first kappa shape index (κ1) is 15.4. The summed E-state index contributed by atoms with van der Waals surface area (Å²) < 4.78 is 0. The summed E-state index contributed by atoms with van der Waals surface area (Å²) in [6.07, 6.45) is 6.83. The summed E-state index contributed by atoms with van der Waals surface area (Å²) in [7, 11) is 0. The van der Waals surface area contributed by atoms with Crippen LogP contribution >= 0.6 is 0 Å². The second-order valence-electron chi connectivity index (χ2n) is 5.41. The lowest BCUT2D eigenvalue weighted by molar-refractivity contribution is -0.123. The largest absolute Gasteiger partial charge is 0.355 e. The smallest absolute Gasteiger partial charge is 0.234 e. The fourth-order valence-corrected chi connectivity index (χ4v) is 2.93. The van der Waals surface area contributed by atoms with Gasteiger partial charge in [0.2, 0.25) is 5.91 Å². The van der Waals surface area contributed by atoms with Crippen molar-refractivity contribution in [1.82, 2.24) is 10.2 Å². The van der Waals surface area contributed by atoms with Gasteiger partial charge >= 0.3 is 0 Å². The molecule has 0 saturated heterocycles. The SMILES string of the molecule is CCCNC(=O)CN(CCC)C1(CN)CCCC1. The van der Waals surface area contributed by atoms with E-state index in [1.807, 2.05) is 0 Å². The summed E-state index contributed by atoms with van der Waals surface area (Å²) in [5.41, 5.74) is 6.09. The highest BCUT2D eigenvalue weighted by Crippen LogP contribution is 2.34. The fraction of sp³-hybridized carbons (Fsp3) is 0.929. The van der Waals surface area contributed by atoms with Gasteiger partial charge in [0.05, 0.1) is 6.54 Å². The summed E-state index contributed by atoms with van der Waals surface area (Å²) in [6.45, 7) is 7.16. The molecule has 1 fully saturated rings. The van der Waals surface area contributed by atoms with Crippen LogP contribution in [0.25, 0.3) is 0 Å². The molecule has 4 heteroatoms. The van der Waals surface area contributed by atoms with Crippen LogP contribution in [-0.2, 0) is 4.79 Å². The number of nitrogens with one attached hydrogen (secondary N) is 1. The van der Waals surface area contributed by atoms with Crippen molar-refractivity contribution in [2.75, 3.05) is 26.2 Å². The van der Waals surface area contributed by atoms with E-state index in [1.165, 1.54) is 12.8 Å². The quantitative estimate of drug-likeness (QED) is 0.691. The molecule has 0 atom stereocenters. The van der Waals surface area contributed by atoms with Gasteiger partial charge in [-0.1, -0.05) is 26.7 Å². The van der Waals surface area contributed by atoms with Gasteiger partial charge in [-0.05, 0) is 32.2 Å². The molecule has 3 N–H and O–H groups in total. The van der Waals surface area contributed by atoms with Crippen LogP contribution in [0.2, 0.25) is 0 Å². The Bertz CT molecular complexity index is 249. The standard InChI is InChI=1S/C14H29N3O/c1-3-9-16-13(18)11-17(10-4-2)14(12-15)7-5-6-8-14/h3-12,15H2,1-2H3,(H,16,18). The number of carbonyl (C=O) groups excluding carboxylic acids is 1. The van der Waals surface area contributed by atoms with Gasteiger partial charge in [-0.25, -0.2) is 0 Å². The first-order valence-electron chi connectivity index (χ1n) is 7.40. The predicted octanol–water partition coefficient (Wildman–Crippen LogP) is 1.50. The Balaban J connectivity index is 2.60. The monoisotopic (exact) mass is 255 g/mol. The highest BCUT2D eigenvalue weighted by atomic mass is 16.2. The minimum Gasteiger partial charge on any atom is -0.355 e. The number of carbonyl (C=O) groups is 1. The van der Waals surface area contributed by atoms with Gasteiger partial charge in [0.25, 0.3) is 0 Å². The third-order valence-corrected chi connectivity index (χ3v) is 3.99. The van der Waals surface area contributed by atoms with E-state index in [0.29, 0.717) is 13.1 Å². The maximum atomic E-state index is 11.9. The van der Waals surface area contributed by atoms with Crippen molar-refractivity contribution in [2.24, 2.45) is 5.73 Å². The maximum Gasteiger partial charge on any atom is 0.234 e. The Kier molecular flexibility index (Phi) is 6.65. The zero-order valence-corrected chi connectivity index (χ0v) is 12.0. The Morgan fingerprint density at radius 3 is 2.44 bits per heavy atom. The summed E-state index contributed by atoms with van der Waals surface area (Å²) >= 11 is 0. The van der Waals surface area contributed by atoms with E-state index in [0.717, 1.165) is 38.8 Å². The number of hydrogen-bond acceptors (Lipinski definition) is 3. The molecule has 1 rings (SSSR count). The molecule has 0 spiro atoms. The lowest BCUT2D eigenvalue weighted by Crippen LogP contribution is -2.55. The molecule has 0 aromatic heterocycles. The third-order valence-electron chi connectivity index (χ3n) is 3.99. The number of nitrogens with zero attached hydrogens (tertiary/aromatic N) is 1. The Labute approximate surface area is 111 Å². The number of amides is 1. The van der Waals surface area contributed by atoms with E-state index < -0.39 is 0 Å². The van der Waals surface area contributed by atoms with E-state index in [9.17, 15) is 4.79 Å². The van der Waals surface area contributed by atoms with Crippen LogP contribution in [0.1, 0.15) is 52.4 Å². The topological polar surface area (TPSA) is 58.4 Å². The van der Waals surface area contributed by atoms with Crippen LogP contribution in [0.15, 0.2) is 0 Å². The van der Waals surface area contributed by atoms with Crippen molar-refractivity contribution >= 4 is 5.91 Å². The van der Waals surface area contributed by atoms with Crippen LogP contribution in [0.4, 0.5) is 0 Å². The van der Waals surface area contributed by atoms with Gasteiger partial charge in [-0.3, -0.25) is 9.69 Å². The van der Waals surface area contributed by atoms with Gasteiger partial charge in [0.15, 0.2) is 0 Å². The van der Waals surface area contributed by atoms with E-state index >= 15 is 0 Å². The Morgan fingerprint density at radius 1 is 1.28 bits per heavy atom. The molecule has 0 aromatic rings. The first-order chi connectivity index (χ1) is 8.68. The third kappa shape index (κ3) is 3.95. The molecule has 0 bridgehead atoms. The predicted molar refractivity (Wildman–Crippen MR) is 75.4 cm³/mol. The van der Waals surface area contributed by atoms with Crippen LogP contribution in [0.5, 0.6) is 0 Å². The normalized spacial score (nSPS) is 18.2. The molecule has 0 aromatic carbocycles. The zero-order valence-electron chi connectivity index (χ0n) is 12.0. The van der Waals surface area contributed by atoms with Crippen LogP contribution < -0.4 is 11.1 Å². The Morgan fingerprint density at radius 2 is 1.94 bits per heavy atom. The minimum absolute atomic E-state index is 0.0829. The lowest BCUT2D eigenvalue weighted by Gasteiger charge is -2.40. The molecule has 1 amide bonds. The van der Waals surface area contributed by atoms with Crippen LogP contribution in [0, 0.1) is 0 Å². The van der Waals surface area contributed by atoms with Crippen LogP contribution in [-0.4, -0.2) is 42.5 Å². The van der Waals surface area contributed by atoms with Gasteiger partial charge in [0.1, 0.15) is 0 Å². The zero-order chi connectivity index (χ0) is 13.4. The van der Waals surface area contributed by atoms with Crippen molar-refractivity contribution < 1.29 is 4.79 Å². The maximum absolute atomic E-state index is 11.9. The highest BCUT2D eigenvalue weighted by Gasteiger charge is 2.38. The molecule has 106 valence electrons. The molecule has 0 unspecified atom stereocenters. The molecule has 4 nitrogen and oxygen atoms in total. The molecular weight excluding hydrogens is 226 g/mol. The summed E-state index contributed by atoms with van der Waals surface area (Å²) in [6, 6.07) is 0. The molecule has 18 heavy (non-hydrogen) atoms. The second-order valence-corrected chi connectivity index (χ2v) is 5.41. The Hall–Kier alpha value is -0.610. The number of rotatable bonds is 8. The van der Waals surface area contributed by atoms with E-state index in [1.54, 1.807) is 0 Å². The number of nitrogens with two attached hydrogens (primary N) is 1. The lowest BCUT2D eigenvalue weighted by atomic mass is 9.94. The van der Waals surface area contributed by atoms with Gasteiger partial charge in [-0.2, -0.15) is 0 Å². The first-order valence-corrected chi connectivity index (χ1v) is 7.40. The van der Waals surface area contributed by atoms with E-state index in [4.69, 9.17) is 5.73 Å². The highest BCUT2D eigenvalue weighted by molar-refractivity contribution is 5.78. The average molecular weight is 255 g/mol. The molecule has 0 heterocycles. The van der Waals surface area contributed by atoms with E-state index in [2.05, 4.69) is 24.1 Å². The molecule has 0 aliphatic heterocycles. The molecule has 0 radical (unpaired) electrons. The second kappa shape index (κ2) is 7.74. The summed E-state index contributed by atoms with van der Waals surface area (Å²) in [4.78, 5) is 14.2. The van der Waals surface area contributed by atoms with Crippen molar-refractivity contribution in [3.8, 4) is 0 Å². The van der Waals surface area contributed by atoms with Crippen molar-refractivity contribution in [3.63, 3.8) is 0 Å². The van der Waals surface area contributed by atoms with Gasteiger partial charge in [0, 0.05) is 18.6 Å². The summed E-state index contributed by atoms with van der Waals surface area (Å²) in [5.74, 6) is 0.144. The van der Waals surface area contributed by atoms with Crippen molar-refractivity contribution in [1.29, 1.82) is 0 Å². The van der Waals surface area contributed by atoms with Crippen LogP contribution in [0.3, 0.4) is 0 Å². The summed E-state index contributed by atoms with van der Waals surface area (Å²) in [5, 5.41) is 2.96. The van der Waals surface area contributed by atoms with E-state index in [-0.39, 0.29) is 11.4 Å². The molecule has 1 aliphatic rings. The average Bonchev–Trinajstić information content (AvgIpc) is 2.86. The molecular formula is C14H29N3O. The molecule has 1 saturated carbocycles. The minimum atomic E-state index is 0.0829. The van der Waals surface area contributed by atoms with Crippen molar-refractivity contribution in [2.45, 2.75) is 57.9 Å².